The summed E-state index contributed by atoms with van der Waals surface area (Å²) in [6, 6.07) is 59.1. The molecule has 8 aromatic rings. The third-order valence-electron chi connectivity index (χ3n) is 11.4. The van der Waals surface area contributed by atoms with Crippen molar-refractivity contribution in [1.82, 2.24) is 0 Å². The van der Waals surface area contributed by atoms with Crippen molar-refractivity contribution in [2.75, 3.05) is 36.1 Å². The van der Waals surface area contributed by atoms with Gasteiger partial charge in [0.15, 0.2) is 0 Å². The molecule has 1 fully saturated rings. The molecule has 3 unspecified atom stereocenters. The van der Waals surface area contributed by atoms with E-state index < -0.39 is 23.4 Å². The minimum absolute atomic E-state index is 0.389. The average molecular weight is 987 g/mol. The quantitative estimate of drug-likeness (QED) is 0.0552. The number of benzene rings is 8. The second-order valence-electron chi connectivity index (χ2n) is 16.1. The van der Waals surface area contributed by atoms with E-state index in [1.807, 2.05) is 115 Å². The Kier molecular flexibility index (Phi) is 17.0. The van der Waals surface area contributed by atoms with Crippen LogP contribution in [0.3, 0.4) is 0 Å². The zero-order chi connectivity index (χ0) is 49.1. The third kappa shape index (κ3) is 12.2. The average Bonchev–Trinajstić information content (AvgIpc) is 4.18. The second kappa shape index (κ2) is 22.7. The van der Waals surface area contributed by atoms with Crippen molar-refractivity contribution >= 4 is 74.7 Å². The summed E-state index contributed by atoms with van der Waals surface area (Å²) < 4.78 is 5.67. The number of hydrogen-bond acceptors (Lipinski definition) is 8. The highest BCUT2D eigenvalue weighted by Crippen LogP contribution is 2.48. The standard InChI is InChI=1S/C14H14ClNO2.C14H12ClNO.C14H14ClNO.C14H12ClN/c15-11-6-7-13(16)12(8-11)14(18,9-17)10-4-2-1-3-5-10;15-11-6-7-13(16)12(8-11)14(9-17-14)10-4-2-1-3-5-10;1-14(17,10-5-3-2-4-6-10)12-9-11(15)7-8-13(12)16;1-10(11-5-3-2-4-6-11)13-9-12(15)7-8-14(13)16/h1-8,17-18H,9,16H2;1-8H,9,16H2;2-9,17H,16H2,1H3;2-9H,1,16H2. The van der Waals surface area contributed by atoms with Crippen molar-refractivity contribution in [3.8, 4) is 0 Å². The van der Waals surface area contributed by atoms with Crippen molar-refractivity contribution in [3.63, 3.8) is 0 Å². The molecule has 1 aliphatic rings. The first-order chi connectivity index (χ1) is 32.5. The van der Waals surface area contributed by atoms with E-state index in [9.17, 15) is 15.3 Å². The lowest BCUT2D eigenvalue weighted by Gasteiger charge is -2.28. The van der Waals surface area contributed by atoms with Crippen molar-refractivity contribution < 1.29 is 20.1 Å². The van der Waals surface area contributed by atoms with Crippen LogP contribution in [0.5, 0.6) is 0 Å². The summed E-state index contributed by atoms with van der Waals surface area (Å²) in [4.78, 5) is 0. The lowest BCUT2D eigenvalue weighted by atomic mass is 9.86. The number of epoxide rings is 1. The highest BCUT2D eigenvalue weighted by Gasteiger charge is 2.49. The Hall–Kier alpha value is -6.30. The minimum Gasteiger partial charge on any atom is -0.398 e. The molecular formula is C56H52Cl4N4O4. The third-order valence-corrected chi connectivity index (χ3v) is 12.3. The molecule has 12 heteroatoms. The van der Waals surface area contributed by atoms with Crippen LogP contribution in [-0.2, 0) is 21.5 Å². The lowest BCUT2D eigenvalue weighted by Crippen LogP contribution is -2.32. The monoisotopic (exact) mass is 984 g/mol. The molecule has 1 heterocycles. The number of aliphatic hydroxyl groups is 3. The molecule has 9 rings (SSSR count). The fraction of sp³-hybridized carbons (Fsp3) is 0.107. The van der Waals surface area contributed by atoms with Crippen LogP contribution in [0.1, 0.15) is 51.4 Å². The molecule has 0 amide bonds. The Morgan fingerprint density at radius 3 is 1.47 bits per heavy atom. The SMILES string of the molecule is C=C(c1ccccc1)c1cc(Cl)ccc1N.CC(O)(c1ccccc1)c1cc(Cl)ccc1N.Nc1ccc(Cl)cc1C(O)(CO)c1ccccc1.Nc1ccc(Cl)cc1C1(c2ccccc2)CO1. The van der Waals surface area contributed by atoms with Gasteiger partial charge < -0.3 is 43.0 Å². The predicted molar refractivity (Wildman–Crippen MR) is 283 cm³/mol. The van der Waals surface area contributed by atoms with Gasteiger partial charge in [-0.1, -0.05) is 174 Å². The zero-order valence-corrected chi connectivity index (χ0v) is 40.2. The number of anilines is 4. The molecular weight excluding hydrogens is 934 g/mol. The van der Waals surface area contributed by atoms with Gasteiger partial charge in [0.25, 0.3) is 0 Å². The van der Waals surface area contributed by atoms with Crippen LogP contribution in [0.4, 0.5) is 22.7 Å². The molecule has 348 valence electrons. The van der Waals surface area contributed by atoms with Gasteiger partial charge in [-0.3, -0.25) is 0 Å². The number of ether oxygens (including phenoxy) is 1. The van der Waals surface area contributed by atoms with E-state index in [-0.39, 0.29) is 0 Å². The largest absolute Gasteiger partial charge is 0.398 e. The van der Waals surface area contributed by atoms with Crippen molar-refractivity contribution in [2.45, 2.75) is 23.7 Å². The van der Waals surface area contributed by atoms with Gasteiger partial charge in [0.05, 0.1) is 13.2 Å². The van der Waals surface area contributed by atoms with Crippen LogP contribution >= 0.6 is 46.4 Å². The molecule has 8 aromatic carbocycles. The van der Waals surface area contributed by atoms with Gasteiger partial charge in [-0.25, -0.2) is 0 Å². The first-order valence-electron chi connectivity index (χ1n) is 21.3. The van der Waals surface area contributed by atoms with Gasteiger partial charge in [-0.15, -0.1) is 0 Å². The number of aliphatic hydroxyl groups excluding tert-OH is 1. The molecule has 1 aliphatic heterocycles. The molecule has 0 spiro atoms. The van der Waals surface area contributed by atoms with Gasteiger partial charge in [0.2, 0.25) is 0 Å². The maximum Gasteiger partial charge on any atom is 0.144 e. The van der Waals surface area contributed by atoms with E-state index in [0.717, 1.165) is 39.1 Å². The minimum atomic E-state index is -1.55. The Labute approximate surface area is 417 Å². The number of hydrogen-bond donors (Lipinski definition) is 7. The predicted octanol–water partition coefficient (Wildman–Crippen LogP) is 12.5. The van der Waals surface area contributed by atoms with Crippen molar-refractivity contribution in [3.05, 3.63) is 265 Å². The summed E-state index contributed by atoms with van der Waals surface area (Å²) in [5.41, 5.74) is 30.2. The Morgan fingerprint density at radius 2 is 0.956 bits per heavy atom. The fourth-order valence-electron chi connectivity index (χ4n) is 7.52. The topological polar surface area (TPSA) is 177 Å². The molecule has 0 aliphatic carbocycles. The number of nitrogen functional groups attached to an aromatic ring is 4. The molecule has 11 N–H and O–H groups in total. The lowest BCUT2D eigenvalue weighted by molar-refractivity contribution is 0.0179. The van der Waals surface area contributed by atoms with Gasteiger partial charge in [-0.05, 0) is 108 Å². The molecule has 68 heavy (non-hydrogen) atoms. The van der Waals surface area contributed by atoms with Crippen molar-refractivity contribution in [1.29, 1.82) is 0 Å². The summed E-state index contributed by atoms with van der Waals surface area (Å²) in [6.45, 7) is 5.95. The van der Waals surface area contributed by atoms with Gasteiger partial charge in [-0.2, -0.15) is 0 Å². The molecule has 0 radical (unpaired) electrons. The molecule has 0 aromatic heterocycles. The summed E-state index contributed by atoms with van der Waals surface area (Å²) in [5, 5.41) is 33.2. The second-order valence-corrected chi connectivity index (χ2v) is 17.8. The molecule has 0 bridgehead atoms. The van der Waals surface area contributed by atoms with Gasteiger partial charge >= 0.3 is 0 Å². The number of nitrogens with two attached hydrogens (primary N) is 4. The van der Waals surface area contributed by atoms with Crippen LogP contribution < -0.4 is 22.9 Å². The Morgan fingerprint density at radius 1 is 0.544 bits per heavy atom. The van der Waals surface area contributed by atoms with E-state index in [0.29, 0.717) is 60.4 Å². The highest BCUT2D eigenvalue weighted by molar-refractivity contribution is 6.31. The number of halogens is 4. The van der Waals surface area contributed by atoms with Crippen LogP contribution in [0, 0.1) is 0 Å². The summed E-state index contributed by atoms with van der Waals surface area (Å²) in [5.74, 6) is 0. The molecule has 3 atom stereocenters. The first-order valence-corrected chi connectivity index (χ1v) is 22.8. The molecule has 0 saturated carbocycles. The zero-order valence-electron chi connectivity index (χ0n) is 37.2. The summed E-state index contributed by atoms with van der Waals surface area (Å²) in [6.07, 6.45) is 0. The van der Waals surface area contributed by atoms with E-state index in [2.05, 4.69) is 6.58 Å². The highest BCUT2D eigenvalue weighted by atomic mass is 35.5. The van der Waals surface area contributed by atoms with Crippen molar-refractivity contribution in [2.24, 2.45) is 0 Å². The van der Waals surface area contributed by atoms with E-state index in [1.54, 1.807) is 85.8 Å². The van der Waals surface area contributed by atoms with E-state index in [4.69, 9.17) is 74.1 Å². The maximum atomic E-state index is 10.7. The van der Waals surface area contributed by atoms with Gasteiger partial charge in [0, 0.05) is 65.1 Å². The van der Waals surface area contributed by atoms with Crippen LogP contribution in [0.15, 0.2) is 201 Å². The van der Waals surface area contributed by atoms with E-state index >= 15 is 0 Å². The molecule has 1 saturated heterocycles. The fourth-order valence-corrected chi connectivity index (χ4v) is 8.21. The van der Waals surface area contributed by atoms with Crippen LogP contribution in [0.2, 0.25) is 20.1 Å². The molecule has 8 nitrogen and oxygen atoms in total. The van der Waals surface area contributed by atoms with Crippen LogP contribution in [-0.4, -0.2) is 28.5 Å². The Balaban J connectivity index is 0.000000149. The first kappa shape index (κ1) is 51.1. The van der Waals surface area contributed by atoms with Crippen LogP contribution in [0.25, 0.3) is 5.57 Å². The normalized spacial score (nSPS) is 15.3. The van der Waals surface area contributed by atoms with Gasteiger partial charge in [0.1, 0.15) is 16.8 Å². The summed E-state index contributed by atoms with van der Waals surface area (Å²) in [7, 11) is 0. The summed E-state index contributed by atoms with van der Waals surface area (Å²) >= 11 is 23.8. The van der Waals surface area contributed by atoms with E-state index in [1.165, 1.54) is 0 Å². The Bertz CT molecular complexity index is 2850. The maximum absolute atomic E-state index is 10.7. The number of rotatable bonds is 9. The smallest absolute Gasteiger partial charge is 0.144 e.